The molecular weight excluding hydrogens is 342 g/mol. The van der Waals surface area contributed by atoms with Gasteiger partial charge in [0.05, 0.1) is 17.5 Å². The average Bonchev–Trinajstić information content (AvgIpc) is 2.57. The van der Waals surface area contributed by atoms with Crippen molar-refractivity contribution < 1.29 is 22.7 Å². The molecule has 1 aromatic rings. The molecule has 1 heterocycles. The highest BCUT2D eigenvalue weighted by Crippen LogP contribution is 2.33. The fourth-order valence-corrected chi connectivity index (χ4v) is 4.78. The highest BCUT2D eigenvalue weighted by Gasteiger charge is 2.49. The average molecular weight is 365 g/mol. The van der Waals surface area contributed by atoms with Gasteiger partial charge in [-0.05, 0) is 26.0 Å². The van der Waals surface area contributed by atoms with Crippen molar-refractivity contribution in [2.24, 2.45) is 5.92 Å². The van der Waals surface area contributed by atoms with E-state index in [1.807, 2.05) is 6.92 Å². The molecule has 0 N–H and O–H groups in total. The second kappa shape index (κ2) is 7.49. The lowest BCUT2D eigenvalue weighted by molar-refractivity contribution is -0.154. The molecule has 25 heavy (non-hydrogen) atoms. The van der Waals surface area contributed by atoms with Crippen molar-refractivity contribution >= 4 is 21.8 Å². The standard InChI is InChI=1S/C18H23NO5S/c1-5-14-11-16(20)13(4)17(18(21)24-6-2)19(14)25(22,23)15-9-7-12(3)8-10-15/h5,7-10,13-14,17H,1,6,11H2,2-4H3/t13-,14-,17-/m0/s1. The zero-order valence-electron chi connectivity index (χ0n) is 14.6. The summed E-state index contributed by atoms with van der Waals surface area (Å²) in [6.07, 6.45) is 1.38. The molecule has 136 valence electrons. The van der Waals surface area contributed by atoms with Crippen molar-refractivity contribution in [2.45, 2.75) is 44.2 Å². The lowest BCUT2D eigenvalue weighted by Gasteiger charge is -2.40. The molecule has 1 aliphatic rings. The molecule has 0 bridgehead atoms. The highest BCUT2D eigenvalue weighted by atomic mass is 32.2. The van der Waals surface area contributed by atoms with Gasteiger partial charge in [0, 0.05) is 12.3 Å². The van der Waals surface area contributed by atoms with Crippen LogP contribution in [0.1, 0.15) is 25.8 Å². The summed E-state index contributed by atoms with van der Waals surface area (Å²) in [5.41, 5.74) is 0.920. The number of esters is 1. The van der Waals surface area contributed by atoms with Gasteiger partial charge >= 0.3 is 5.97 Å². The summed E-state index contributed by atoms with van der Waals surface area (Å²) >= 11 is 0. The van der Waals surface area contributed by atoms with Crippen molar-refractivity contribution in [2.75, 3.05) is 6.61 Å². The van der Waals surface area contributed by atoms with Gasteiger partial charge in [0.1, 0.15) is 11.8 Å². The summed E-state index contributed by atoms with van der Waals surface area (Å²) in [4.78, 5) is 24.8. The van der Waals surface area contributed by atoms with E-state index in [0.717, 1.165) is 9.87 Å². The lowest BCUT2D eigenvalue weighted by atomic mass is 9.87. The third-order valence-corrected chi connectivity index (χ3v) is 6.31. The van der Waals surface area contributed by atoms with Crippen molar-refractivity contribution in [1.29, 1.82) is 0 Å². The number of piperidine rings is 1. The molecule has 6 nitrogen and oxygen atoms in total. The van der Waals surface area contributed by atoms with Gasteiger partial charge in [0.25, 0.3) is 0 Å². The molecule has 0 aliphatic carbocycles. The number of carbonyl (C=O) groups excluding carboxylic acids is 2. The van der Waals surface area contributed by atoms with Crippen LogP contribution in [0.4, 0.5) is 0 Å². The second-order valence-electron chi connectivity index (χ2n) is 6.11. The Kier molecular flexibility index (Phi) is 5.80. The number of sulfonamides is 1. The molecule has 0 spiro atoms. The normalized spacial score (nSPS) is 24.8. The molecule has 1 aromatic carbocycles. The Bertz CT molecular complexity index is 769. The zero-order chi connectivity index (χ0) is 18.8. The summed E-state index contributed by atoms with van der Waals surface area (Å²) in [6, 6.07) is 4.38. The summed E-state index contributed by atoms with van der Waals surface area (Å²) < 4.78 is 32.5. The first-order chi connectivity index (χ1) is 11.7. The first-order valence-electron chi connectivity index (χ1n) is 8.16. The molecule has 1 aliphatic heterocycles. The number of hydrogen-bond acceptors (Lipinski definition) is 5. The van der Waals surface area contributed by atoms with Gasteiger partial charge < -0.3 is 4.74 Å². The van der Waals surface area contributed by atoms with Crippen LogP contribution in [-0.2, 0) is 24.3 Å². The van der Waals surface area contributed by atoms with E-state index in [1.165, 1.54) is 18.2 Å². The van der Waals surface area contributed by atoms with Gasteiger partial charge in [0.2, 0.25) is 10.0 Å². The predicted molar refractivity (Wildman–Crippen MR) is 93.4 cm³/mol. The Labute approximate surface area is 148 Å². The van der Waals surface area contributed by atoms with Crippen molar-refractivity contribution in [3.8, 4) is 0 Å². The fourth-order valence-electron chi connectivity index (χ4n) is 2.97. The Morgan fingerprint density at radius 3 is 2.48 bits per heavy atom. The van der Waals surface area contributed by atoms with Crippen molar-refractivity contribution in [1.82, 2.24) is 4.31 Å². The van der Waals surface area contributed by atoms with E-state index in [9.17, 15) is 18.0 Å². The summed E-state index contributed by atoms with van der Waals surface area (Å²) in [5, 5.41) is 0. The van der Waals surface area contributed by atoms with Crippen LogP contribution in [0.25, 0.3) is 0 Å². The summed E-state index contributed by atoms with van der Waals surface area (Å²) in [7, 11) is -4.00. The van der Waals surface area contributed by atoms with Gasteiger partial charge in [-0.3, -0.25) is 9.59 Å². The maximum atomic E-state index is 13.2. The number of hydrogen-bond donors (Lipinski definition) is 0. The van der Waals surface area contributed by atoms with Gasteiger partial charge in [-0.2, -0.15) is 4.31 Å². The zero-order valence-corrected chi connectivity index (χ0v) is 15.5. The number of Topliss-reactive ketones (excluding diaryl/α,β-unsaturated/α-hetero) is 1. The third kappa shape index (κ3) is 3.67. The molecule has 0 unspecified atom stereocenters. The minimum atomic E-state index is -4.00. The van der Waals surface area contributed by atoms with Crippen molar-refractivity contribution in [3.05, 3.63) is 42.5 Å². The van der Waals surface area contributed by atoms with E-state index < -0.39 is 34.0 Å². The third-order valence-electron chi connectivity index (χ3n) is 4.39. The van der Waals surface area contributed by atoms with E-state index in [4.69, 9.17) is 4.74 Å². The maximum Gasteiger partial charge on any atom is 0.325 e. The van der Waals surface area contributed by atoms with Gasteiger partial charge in [-0.15, -0.1) is 6.58 Å². The van der Waals surface area contributed by atoms with Crippen LogP contribution >= 0.6 is 0 Å². The van der Waals surface area contributed by atoms with Gasteiger partial charge in [0.15, 0.2) is 0 Å². The van der Waals surface area contributed by atoms with Crippen LogP contribution in [0.2, 0.25) is 0 Å². The minimum Gasteiger partial charge on any atom is -0.465 e. The number of ether oxygens (including phenoxy) is 1. The van der Waals surface area contributed by atoms with E-state index in [-0.39, 0.29) is 23.7 Å². The predicted octanol–water partition coefficient (Wildman–Crippen LogP) is 2.08. The Hall–Kier alpha value is -1.99. The highest BCUT2D eigenvalue weighted by molar-refractivity contribution is 7.89. The monoisotopic (exact) mass is 365 g/mol. The van der Waals surface area contributed by atoms with E-state index in [2.05, 4.69) is 6.58 Å². The minimum absolute atomic E-state index is 0.00827. The molecule has 0 amide bonds. The van der Waals surface area contributed by atoms with Crippen LogP contribution in [0.5, 0.6) is 0 Å². The van der Waals surface area contributed by atoms with Gasteiger partial charge in [-0.1, -0.05) is 30.7 Å². The first kappa shape index (κ1) is 19.3. The quantitative estimate of drug-likeness (QED) is 0.589. The molecule has 1 fully saturated rings. The number of ketones is 1. The largest absolute Gasteiger partial charge is 0.465 e. The second-order valence-corrected chi connectivity index (χ2v) is 7.95. The van der Waals surface area contributed by atoms with Crippen molar-refractivity contribution in [3.63, 3.8) is 0 Å². The Morgan fingerprint density at radius 2 is 1.96 bits per heavy atom. The molecular formula is C18H23NO5S. The summed E-state index contributed by atoms with van der Waals surface area (Å²) in [6.45, 7) is 8.79. The molecule has 1 saturated heterocycles. The maximum absolute atomic E-state index is 13.2. The molecule has 0 radical (unpaired) electrons. The number of rotatable bonds is 5. The first-order valence-corrected chi connectivity index (χ1v) is 9.60. The van der Waals surface area contributed by atoms with E-state index in [0.29, 0.717) is 0 Å². The molecule has 3 atom stereocenters. The molecule has 7 heteroatoms. The fraction of sp³-hybridized carbons (Fsp3) is 0.444. The van der Waals surface area contributed by atoms with Crippen LogP contribution in [0.15, 0.2) is 41.8 Å². The number of aryl methyl sites for hydroxylation is 1. The molecule has 2 rings (SSSR count). The number of benzene rings is 1. The number of carbonyl (C=O) groups is 2. The molecule has 0 saturated carbocycles. The van der Waals surface area contributed by atoms with Crippen LogP contribution in [0, 0.1) is 12.8 Å². The van der Waals surface area contributed by atoms with Crippen LogP contribution in [0.3, 0.4) is 0 Å². The van der Waals surface area contributed by atoms with Crippen LogP contribution < -0.4 is 0 Å². The lowest BCUT2D eigenvalue weighted by Crippen LogP contribution is -2.59. The summed E-state index contributed by atoms with van der Waals surface area (Å²) in [5.74, 6) is -1.68. The van der Waals surface area contributed by atoms with Gasteiger partial charge in [-0.25, -0.2) is 8.42 Å². The smallest absolute Gasteiger partial charge is 0.325 e. The SMILES string of the molecule is C=C[C@H]1CC(=O)[C@H](C)[C@@H](C(=O)OCC)N1S(=O)(=O)c1ccc(C)cc1. The van der Waals surface area contributed by atoms with E-state index >= 15 is 0 Å². The molecule has 0 aromatic heterocycles. The Balaban J connectivity index is 2.57. The van der Waals surface area contributed by atoms with E-state index in [1.54, 1.807) is 26.0 Å². The topological polar surface area (TPSA) is 80.8 Å². The number of nitrogens with zero attached hydrogens (tertiary/aromatic N) is 1. The van der Waals surface area contributed by atoms with Crippen LogP contribution in [-0.4, -0.2) is 43.2 Å². The Morgan fingerprint density at radius 1 is 1.36 bits per heavy atom.